The number of nitrogens with zero attached hydrogens (tertiary/aromatic N) is 1. The minimum atomic E-state index is -3.47. The Hall–Kier alpha value is -1.44. The van der Waals surface area contributed by atoms with Crippen LogP contribution in [0.25, 0.3) is 0 Å². The Bertz CT molecular complexity index is 663. The summed E-state index contributed by atoms with van der Waals surface area (Å²) in [5.41, 5.74) is 2.72. The average Bonchev–Trinajstić information content (AvgIpc) is 2.84. The molecule has 0 unspecified atom stereocenters. The Morgan fingerprint density at radius 2 is 2.00 bits per heavy atom. The van der Waals surface area contributed by atoms with Crippen molar-refractivity contribution in [3.63, 3.8) is 0 Å². The third-order valence-corrected chi connectivity index (χ3v) is 5.33. The zero-order valence-electron chi connectivity index (χ0n) is 11.3. The van der Waals surface area contributed by atoms with Crippen LogP contribution in [0.15, 0.2) is 34.7 Å². The first kappa shape index (κ1) is 15.0. The number of rotatable bonds is 6. The molecule has 0 bridgehead atoms. The van der Waals surface area contributed by atoms with Crippen LogP contribution in [-0.4, -0.2) is 27.1 Å². The maximum absolute atomic E-state index is 12.1. The van der Waals surface area contributed by atoms with Crippen LogP contribution in [0.5, 0.6) is 5.75 Å². The van der Waals surface area contributed by atoms with E-state index >= 15 is 0 Å². The molecule has 0 radical (unpaired) electrons. The van der Waals surface area contributed by atoms with Crippen LogP contribution in [0.3, 0.4) is 0 Å². The molecule has 5 nitrogen and oxygen atoms in total. The van der Waals surface area contributed by atoms with Crippen LogP contribution in [0.2, 0.25) is 0 Å². The van der Waals surface area contributed by atoms with Gasteiger partial charge in [-0.05, 0) is 37.6 Å². The summed E-state index contributed by atoms with van der Waals surface area (Å²) in [7, 11) is -1.93. The highest BCUT2D eigenvalue weighted by Crippen LogP contribution is 2.16. The number of ether oxygens (including phenoxy) is 1. The van der Waals surface area contributed by atoms with Crippen LogP contribution >= 0.6 is 11.3 Å². The standard InChI is InChI=1S/C13H16N2O3S2/c1-10-13(19-9-14-10)7-8-15-20(16,17)12-5-3-11(18-2)4-6-12/h3-6,9,15H,7-8H2,1-2H3. The van der Waals surface area contributed by atoms with E-state index in [0.29, 0.717) is 18.7 Å². The van der Waals surface area contributed by atoms with E-state index in [-0.39, 0.29) is 4.90 Å². The molecule has 0 aliphatic carbocycles. The van der Waals surface area contributed by atoms with Crippen molar-refractivity contribution in [1.82, 2.24) is 9.71 Å². The molecule has 0 amide bonds. The molecule has 0 saturated heterocycles. The molecule has 0 aliphatic rings. The van der Waals surface area contributed by atoms with Crippen molar-refractivity contribution < 1.29 is 13.2 Å². The topological polar surface area (TPSA) is 68.3 Å². The predicted octanol–water partition coefficient (Wildman–Crippen LogP) is 1.98. The molecule has 0 fully saturated rings. The van der Waals surface area contributed by atoms with Gasteiger partial charge < -0.3 is 4.74 Å². The van der Waals surface area contributed by atoms with E-state index in [9.17, 15) is 8.42 Å². The van der Waals surface area contributed by atoms with Crippen molar-refractivity contribution >= 4 is 21.4 Å². The Labute approximate surface area is 122 Å². The highest BCUT2D eigenvalue weighted by atomic mass is 32.2. The Balaban J connectivity index is 1.98. The van der Waals surface area contributed by atoms with Crippen molar-refractivity contribution in [1.29, 1.82) is 0 Å². The van der Waals surface area contributed by atoms with Gasteiger partial charge in [0.25, 0.3) is 0 Å². The van der Waals surface area contributed by atoms with Crippen molar-refractivity contribution in [2.45, 2.75) is 18.2 Å². The Morgan fingerprint density at radius 3 is 2.55 bits per heavy atom. The molecule has 0 atom stereocenters. The Morgan fingerprint density at radius 1 is 1.30 bits per heavy atom. The maximum Gasteiger partial charge on any atom is 0.240 e. The van der Waals surface area contributed by atoms with Gasteiger partial charge in [0.15, 0.2) is 0 Å². The summed E-state index contributed by atoms with van der Waals surface area (Å²) in [5.74, 6) is 0.629. The summed E-state index contributed by atoms with van der Waals surface area (Å²) < 4.78 is 31.8. The lowest BCUT2D eigenvalue weighted by molar-refractivity contribution is 0.414. The molecule has 7 heteroatoms. The third-order valence-electron chi connectivity index (χ3n) is 2.86. The highest BCUT2D eigenvalue weighted by Gasteiger charge is 2.13. The van der Waals surface area contributed by atoms with Crippen LogP contribution in [-0.2, 0) is 16.4 Å². The average molecular weight is 312 g/mol. The second-order valence-corrected chi connectivity index (χ2v) is 6.89. The first-order valence-electron chi connectivity index (χ1n) is 6.05. The Kier molecular flexibility index (Phi) is 4.74. The fraction of sp³-hybridized carbons (Fsp3) is 0.308. The van der Waals surface area contributed by atoms with E-state index in [1.165, 1.54) is 23.5 Å². The normalized spacial score (nSPS) is 11.5. The predicted molar refractivity (Wildman–Crippen MR) is 78.7 cm³/mol. The fourth-order valence-electron chi connectivity index (χ4n) is 1.70. The molecule has 20 heavy (non-hydrogen) atoms. The summed E-state index contributed by atoms with van der Waals surface area (Å²) in [6.45, 7) is 2.28. The van der Waals surface area contributed by atoms with Gasteiger partial charge in [-0.3, -0.25) is 0 Å². The second-order valence-electron chi connectivity index (χ2n) is 4.18. The number of thiazole rings is 1. The molecule has 2 aromatic rings. The van der Waals surface area contributed by atoms with Crippen LogP contribution in [0, 0.1) is 6.92 Å². The van der Waals surface area contributed by atoms with Crippen molar-refractivity contribution in [2.24, 2.45) is 0 Å². The van der Waals surface area contributed by atoms with E-state index in [0.717, 1.165) is 10.6 Å². The molecule has 108 valence electrons. The van der Waals surface area contributed by atoms with Crippen LogP contribution in [0.1, 0.15) is 10.6 Å². The summed E-state index contributed by atoms with van der Waals surface area (Å²) in [6, 6.07) is 6.31. The number of hydrogen-bond donors (Lipinski definition) is 1. The summed E-state index contributed by atoms with van der Waals surface area (Å²) in [4.78, 5) is 5.47. The minimum Gasteiger partial charge on any atom is -0.497 e. The lowest BCUT2D eigenvalue weighted by Crippen LogP contribution is -2.25. The van der Waals surface area contributed by atoms with E-state index in [1.807, 2.05) is 6.92 Å². The molecule has 1 aromatic heterocycles. The smallest absolute Gasteiger partial charge is 0.240 e. The van der Waals surface area contributed by atoms with E-state index in [1.54, 1.807) is 24.8 Å². The lowest BCUT2D eigenvalue weighted by Gasteiger charge is -2.07. The number of benzene rings is 1. The monoisotopic (exact) mass is 312 g/mol. The zero-order chi connectivity index (χ0) is 14.6. The summed E-state index contributed by atoms with van der Waals surface area (Å²) in [6.07, 6.45) is 0.645. The number of nitrogens with one attached hydrogen (secondary N) is 1. The third kappa shape index (κ3) is 3.56. The summed E-state index contributed by atoms with van der Waals surface area (Å²) in [5, 5.41) is 0. The molecule has 1 aromatic carbocycles. The number of methoxy groups -OCH3 is 1. The van der Waals surface area contributed by atoms with E-state index in [4.69, 9.17) is 4.74 Å². The van der Waals surface area contributed by atoms with E-state index in [2.05, 4.69) is 9.71 Å². The van der Waals surface area contributed by atoms with Crippen molar-refractivity contribution in [2.75, 3.05) is 13.7 Å². The van der Waals surface area contributed by atoms with Crippen molar-refractivity contribution in [3.8, 4) is 5.75 Å². The van der Waals surface area contributed by atoms with Gasteiger partial charge in [-0.2, -0.15) is 0 Å². The SMILES string of the molecule is COc1ccc(S(=O)(=O)NCCc2scnc2C)cc1. The van der Waals surface area contributed by atoms with Gasteiger partial charge >= 0.3 is 0 Å². The quantitative estimate of drug-likeness (QED) is 0.885. The fourth-order valence-corrected chi connectivity index (χ4v) is 3.52. The molecular formula is C13H16N2O3S2. The van der Waals surface area contributed by atoms with Gasteiger partial charge in [0.05, 0.1) is 23.2 Å². The molecule has 0 saturated carbocycles. The molecule has 1 N–H and O–H groups in total. The molecular weight excluding hydrogens is 296 g/mol. The molecule has 0 aliphatic heterocycles. The van der Waals surface area contributed by atoms with Crippen LogP contribution < -0.4 is 9.46 Å². The molecule has 0 spiro atoms. The van der Waals surface area contributed by atoms with Gasteiger partial charge in [0.1, 0.15) is 5.75 Å². The largest absolute Gasteiger partial charge is 0.497 e. The second kappa shape index (κ2) is 6.34. The van der Waals surface area contributed by atoms with Gasteiger partial charge in [0, 0.05) is 11.4 Å². The zero-order valence-corrected chi connectivity index (χ0v) is 12.9. The first-order valence-corrected chi connectivity index (χ1v) is 8.42. The summed E-state index contributed by atoms with van der Waals surface area (Å²) >= 11 is 1.54. The van der Waals surface area contributed by atoms with E-state index < -0.39 is 10.0 Å². The lowest BCUT2D eigenvalue weighted by atomic mass is 10.3. The minimum absolute atomic E-state index is 0.235. The molecule has 2 rings (SSSR count). The van der Waals surface area contributed by atoms with Gasteiger partial charge in [0.2, 0.25) is 10.0 Å². The number of hydrogen-bond acceptors (Lipinski definition) is 5. The van der Waals surface area contributed by atoms with Gasteiger partial charge in [-0.25, -0.2) is 18.1 Å². The highest BCUT2D eigenvalue weighted by molar-refractivity contribution is 7.89. The number of aromatic nitrogens is 1. The van der Waals surface area contributed by atoms with Crippen molar-refractivity contribution in [3.05, 3.63) is 40.3 Å². The number of aryl methyl sites for hydroxylation is 1. The van der Waals surface area contributed by atoms with Gasteiger partial charge in [-0.15, -0.1) is 11.3 Å². The first-order chi connectivity index (χ1) is 9.53. The van der Waals surface area contributed by atoms with Crippen LogP contribution in [0.4, 0.5) is 0 Å². The number of sulfonamides is 1. The van der Waals surface area contributed by atoms with Gasteiger partial charge in [-0.1, -0.05) is 0 Å². The molecule has 1 heterocycles. The maximum atomic E-state index is 12.1.